The van der Waals surface area contributed by atoms with Crippen LogP contribution in [0, 0.1) is 11.3 Å². The predicted octanol–water partition coefficient (Wildman–Crippen LogP) is 0.770. The number of hydrogen-bond donors (Lipinski definition) is 2. The number of carbonyl (C=O) groups is 2. The molecule has 0 saturated carbocycles. The van der Waals surface area contributed by atoms with Crippen molar-refractivity contribution in [2.45, 2.75) is 40.0 Å². The van der Waals surface area contributed by atoms with Crippen molar-refractivity contribution in [1.82, 2.24) is 10.2 Å². The molecule has 5 nitrogen and oxygen atoms in total. The van der Waals surface area contributed by atoms with Gasteiger partial charge in [-0.1, -0.05) is 20.8 Å². The smallest absolute Gasteiger partial charge is 0.241 e. The van der Waals surface area contributed by atoms with E-state index in [1.54, 1.807) is 4.90 Å². The van der Waals surface area contributed by atoms with Gasteiger partial charge >= 0.3 is 0 Å². The Labute approximate surface area is 115 Å². The van der Waals surface area contributed by atoms with Crippen LogP contribution < -0.4 is 5.32 Å². The summed E-state index contributed by atoms with van der Waals surface area (Å²) in [5.74, 6) is 0.0416. The molecule has 2 amide bonds. The number of aliphatic hydroxyl groups is 1. The number of nitrogens with one attached hydrogen (secondary N) is 1. The molecule has 0 aromatic carbocycles. The van der Waals surface area contributed by atoms with E-state index >= 15 is 0 Å². The van der Waals surface area contributed by atoms with Gasteiger partial charge in [0, 0.05) is 26.1 Å². The number of nitrogens with zero attached hydrogens (tertiary/aromatic N) is 1. The highest BCUT2D eigenvalue weighted by Gasteiger charge is 2.23. The Kier molecular flexibility index (Phi) is 5.79. The largest absolute Gasteiger partial charge is 0.396 e. The predicted molar refractivity (Wildman–Crippen MR) is 73.5 cm³/mol. The van der Waals surface area contributed by atoms with Gasteiger partial charge in [0.2, 0.25) is 11.8 Å². The number of hydrogen-bond acceptors (Lipinski definition) is 3. The Morgan fingerprint density at radius 3 is 2.63 bits per heavy atom. The summed E-state index contributed by atoms with van der Waals surface area (Å²) in [6.07, 6.45) is 2.31. The Morgan fingerprint density at radius 1 is 1.37 bits per heavy atom. The van der Waals surface area contributed by atoms with Gasteiger partial charge in [0.05, 0.1) is 6.54 Å². The van der Waals surface area contributed by atoms with E-state index in [1.807, 2.05) is 20.8 Å². The highest BCUT2D eigenvalue weighted by atomic mass is 16.3. The van der Waals surface area contributed by atoms with Crippen molar-refractivity contribution in [3.05, 3.63) is 0 Å². The zero-order valence-corrected chi connectivity index (χ0v) is 12.2. The van der Waals surface area contributed by atoms with Crippen molar-refractivity contribution in [3.63, 3.8) is 0 Å². The second kappa shape index (κ2) is 6.89. The van der Waals surface area contributed by atoms with Crippen LogP contribution in [0.2, 0.25) is 0 Å². The topological polar surface area (TPSA) is 69.6 Å². The van der Waals surface area contributed by atoms with E-state index < -0.39 is 0 Å². The zero-order valence-electron chi connectivity index (χ0n) is 12.2. The molecular formula is C14H26N2O3. The number of piperidine rings is 1. The van der Waals surface area contributed by atoms with E-state index in [2.05, 4.69) is 5.32 Å². The molecule has 2 N–H and O–H groups in total. The maximum absolute atomic E-state index is 12.0. The van der Waals surface area contributed by atoms with Gasteiger partial charge in [-0.25, -0.2) is 0 Å². The standard InChI is InChI=1S/C14H26N2O3/c1-14(2,3)7-12(18)15-8-13(19)16-6-4-5-11(9-16)10-17/h11,17H,4-10H2,1-3H3,(H,15,18). The van der Waals surface area contributed by atoms with E-state index in [9.17, 15) is 9.59 Å². The van der Waals surface area contributed by atoms with Crippen LogP contribution in [0.15, 0.2) is 0 Å². The van der Waals surface area contributed by atoms with Gasteiger partial charge in [0.15, 0.2) is 0 Å². The summed E-state index contributed by atoms with van der Waals surface area (Å²) >= 11 is 0. The fourth-order valence-electron chi connectivity index (χ4n) is 2.27. The van der Waals surface area contributed by atoms with Crippen molar-refractivity contribution in [2.24, 2.45) is 11.3 Å². The molecule has 0 aromatic heterocycles. The van der Waals surface area contributed by atoms with Gasteiger partial charge in [0.1, 0.15) is 0 Å². The van der Waals surface area contributed by atoms with Crippen molar-refractivity contribution in [2.75, 3.05) is 26.2 Å². The zero-order chi connectivity index (χ0) is 14.5. The van der Waals surface area contributed by atoms with Crippen LogP contribution in [0.25, 0.3) is 0 Å². The van der Waals surface area contributed by atoms with Gasteiger partial charge < -0.3 is 15.3 Å². The normalized spacial score (nSPS) is 20.2. The molecule has 1 atom stereocenters. The van der Waals surface area contributed by atoms with E-state index in [-0.39, 0.29) is 36.3 Å². The van der Waals surface area contributed by atoms with E-state index in [0.717, 1.165) is 19.4 Å². The Bertz CT molecular complexity index is 323. The van der Waals surface area contributed by atoms with Crippen LogP contribution in [0.4, 0.5) is 0 Å². The highest BCUT2D eigenvalue weighted by molar-refractivity contribution is 5.85. The van der Waals surface area contributed by atoms with Crippen LogP contribution in [-0.2, 0) is 9.59 Å². The third-order valence-electron chi connectivity index (χ3n) is 3.26. The average molecular weight is 270 g/mol. The molecule has 1 unspecified atom stereocenters. The van der Waals surface area contributed by atoms with Crippen LogP contribution in [0.5, 0.6) is 0 Å². The summed E-state index contributed by atoms with van der Waals surface area (Å²) in [4.78, 5) is 25.3. The summed E-state index contributed by atoms with van der Waals surface area (Å²) in [5.41, 5.74) is -0.0692. The Hall–Kier alpha value is -1.10. The minimum Gasteiger partial charge on any atom is -0.396 e. The molecule has 19 heavy (non-hydrogen) atoms. The number of likely N-dealkylation sites (tertiary alicyclic amines) is 1. The van der Waals surface area contributed by atoms with E-state index in [4.69, 9.17) is 5.11 Å². The molecule has 1 rings (SSSR count). The van der Waals surface area contributed by atoms with Gasteiger partial charge in [0.25, 0.3) is 0 Å². The third kappa shape index (κ3) is 6.05. The van der Waals surface area contributed by atoms with Gasteiger partial charge in [-0.2, -0.15) is 0 Å². The lowest BCUT2D eigenvalue weighted by molar-refractivity contribution is -0.135. The summed E-state index contributed by atoms with van der Waals surface area (Å²) in [6.45, 7) is 7.49. The number of rotatable bonds is 4. The molecule has 110 valence electrons. The minimum absolute atomic E-state index is 0.0552. The summed E-state index contributed by atoms with van der Waals surface area (Å²) in [7, 11) is 0. The molecule has 1 saturated heterocycles. The first-order chi connectivity index (χ1) is 8.81. The average Bonchev–Trinajstić information content (AvgIpc) is 2.34. The second-order valence-corrected chi connectivity index (χ2v) is 6.54. The molecular weight excluding hydrogens is 244 g/mol. The van der Waals surface area contributed by atoms with E-state index in [1.165, 1.54) is 0 Å². The van der Waals surface area contributed by atoms with Crippen LogP contribution in [0.1, 0.15) is 40.0 Å². The van der Waals surface area contributed by atoms with Gasteiger partial charge in [-0.3, -0.25) is 9.59 Å². The lowest BCUT2D eigenvalue weighted by Crippen LogP contribution is -2.46. The molecule has 1 aliphatic rings. The Balaban J connectivity index is 2.33. The molecule has 1 aliphatic heterocycles. The van der Waals surface area contributed by atoms with Crippen LogP contribution in [0.3, 0.4) is 0 Å². The molecule has 1 fully saturated rings. The molecule has 5 heteroatoms. The maximum atomic E-state index is 12.0. The molecule has 1 heterocycles. The fourth-order valence-corrected chi connectivity index (χ4v) is 2.27. The van der Waals surface area contributed by atoms with Crippen molar-refractivity contribution >= 4 is 11.8 Å². The third-order valence-corrected chi connectivity index (χ3v) is 3.26. The summed E-state index contributed by atoms with van der Waals surface area (Å²) in [6, 6.07) is 0. The monoisotopic (exact) mass is 270 g/mol. The quantitative estimate of drug-likeness (QED) is 0.793. The fraction of sp³-hybridized carbons (Fsp3) is 0.857. The highest BCUT2D eigenvalue weighted by Crippen LogP contribution is 2.18. The van der Waals surface area contributed by atoms with Crippen molar-refractivity contribution < 1.29 is 14.7 Å². The molecule has 0 spiro atoms. The van der Waals surface area contributed by atoms with Gasteiger partial charge in [-0.15, -0.1) is 0 Å². The van der Waals surface area contributed by atoms with E-state index in [0.29, 0.717) is 13.0 Å². The summed E-state index contributed by atoms with van der Waals surface area (Å²) < 4.78 is 0. The molecule has 0 aromatic rings. The molecule has 0 aliphatic carbocycles. The molecule has 0 bridgehead atoms. The molecule has 0 radical (unpaired) electrons. The van der Waals surface area contributed by atoms with Crippen LogP contribution >= 0.6 is 0 Å². The number of carbonyl (C=O) groups excluding carboxylic acids is 2. The number of amides is 2. The first kappa shape index (κ1) is 16.0. The maximum Gasteiger partial charge on any atom is 0.241 e. The van der Waals surface area contributed by atoms with Crippen LogP contribution in [-0.4, -0.2) is 48.1 Å². The second-order valence-electron chi connectivity index (χ2n) is 6.54. The SMILES string of the molecule is CC(C)(C)CC(=O)NCC(=O)N1CCCC(CO)C1. The first-order valence-electron chi connectivity index (χ1n) is 6.97. The summed E-state index contributed by atoms with van der Waals surface area (Å²) in [5, 5.41) is 11.8. The lowest BCUT2D eigenvalue weighted by atomic mass is 9.92. The minimum atomic E-state index is -0.0865. The Morgan fingerprint density at radius 2 is 2.05 bits per heavy atom. The van der Waals surface area contributed by atoms with Crippen molar-refractivity contribution in [3.8, 4) is 0 Å². The van der Waals surface area contributed by atoms with Gasteiger partial charge in [-0.05, 0) is 24.2 Å². The first-order valence-corrected chi connectivity index (χ1v) is 6.97. The number of aliphatic hydroxyl groups excluding tert-OH is 1. The lowest BCUT2D eigenvalue weighted by Gasteiger charge is -2.32. The van der Waals surface area contributed by atoms with Crippen molar-refractivity contribution in [1.29, 1.82) is 0 Å².